The van der Waals surface area contributed by atoms with Gasteiger partial charge >= 0.3 is 11.3 Å². The molecule has 0 aromatic heterocycles. The largest absolute Gasteiger partial charge is 0.385 e. The standard InChI is InChI=1S/C14H15NO2S/c1-11-7-9-13(10-8-11)17-18(16)15-14-6-4-3-5-12(14)2/h3-10,15H,1-2H3. The second kappa shape index (κ2) is 5.69. The summed E-state index contributed by atoms with van der Waals surface area (Å²) in [5.74, 6) is 0.583. The van der Waals surface area contributed by atoms with Crippen LogP contribution < -0.4 is 8.91 Å². The van der Waals surface area contributed by atoms with Gasteiger partial charge in [-0.1, -0.05) is 35.9 Å². The molecule has 94 valence electrons. The Hall–Kier alpha value is -1.81. The highest BCUT2D eigenvalue weighted by Gasteiger charge is 2.04. The first-order valence-corrected chi connectivity index (χ1v) is 6.72. The van der Waals surface area contributed by atoms with Gasteiger partial charge in [0.15, 0.2) is 0 Å². The van der Waals surface area contributed by atoms with E-state index in [4.69, 9.17) is 4.18 Å². The zero-order valence-electron chi connectivity index (χ0n) is 10.3. The summed E-state index contributed by atoms with van der Waals surface area (Å²) in [7, 11) is 0. The molecule has 0 aliphatic rings. The zero-order chi connectivity index (χ0) is 13.0. The van der Waals surface area contributed by atoms with E-state index in [0.717, 1.165) is 16.8 Å². The summed E-state index contributed by atoms with van der Waals surface area (Å²) in [6.45, 7) is 3.94. The quantitative estimate of drug-likeness (QED) is 0.916. The number of nitrogens with one attached hydrogen (secondary N) is 1. The Labute approximate surface area is 110 Å². The first kappa shape index (κ1) is 12.6. The summed E-state index contributed by atoms with van der Waals surface area (Å²) in [6.07, 6.45) is 0. The van der Waals surface area contributed by atoms with Gasteiger partial charge in [0, 0.05) is 0 Å². The topological polar surface area (TPSA) is 38.3 Å². The van der Waals surface area contributed by atoms with Crippen LogP contribution in [0.5, 0.6) is 5.75 Å². The maximum Gasteiger partial charge on any atom is 0.316 e. The molecule has 2 aromatic rings. The lowest BCUT2D eigenvalue weighted by molar-refractivity contribution is 0.567. The summed E-state index contributed by atoms with van der Waals surface area (Å²) < 4.78 is 19.9. The lowest BCUT2D eigenvalue weighted by atomic mass is 10.2. The van der Waals surface area contributed by atoms with Crippen LogP contribution in [0.2, 0.25) is 0 Å². The van der Waals surface area contributed by atoms with Gasteiger partial charge < -0.3 is 4.18 Å². The fraction of sp³-hybridized carbons (Fsp3) is 0.143. The van der Waals surface area contributed by atoms with Gasteiger partial charge in [0.05, 0.1) is 5.69 Å². The molecular formula is C14H15NO2S. The smallest absolute Gasteiger partial charge is 0.316 e. The number of para-hydroxylation sites is 1. The second-order valence-corrected chi connectivity index (χ2v) is 4.89. The van der Waals surface area contributed by atoms with Crippen LogP contribution >= 0.6 is 0 Å². The first-order chi connectivity index (χ1) is 8.65. The molecular weight excluding hydrogens is 246 g/mol. The van der Waals surface area contributed by atoms with Gasteiger partial charge in [-0.25, -0.2) is 0 Å². The van der Waals surface area contributed by atoms with Crippen LogP contribution in [-0.2, 0) is 11.3 Å². The number of hydrogen-bond acceptors (Lipinski definition) is 2. The molecule has 0 amide bonds. The van der Waals surface area contributed by atoms with Gasteiger partial charge in [0.25, 0.3) is 0 Å². The van der Waals surface area contributed by atoms with Gasteiger partial charge in [0.1, 0.15) is 5.75 Å². The second-order valence-electron chi connectivity index (χ2n) is 4.05. The van der Waals surface area contributed by atoms with Crippen molar-refractivity contribution in [1.29, 1.82) is 0 Å². The predicted octanol–water partition coefficient (Wildman–Crippen LogP) is 3.37. The molecule has 0 fully saturated rings. The van der Waals surface area contributed by atoms with Crippen LogP contribution in [0.3, 0.4) is 0 Å². The molecule has 1 unspecified atom stereocenters. The van der Waals surface area contributed by atoms with Crippen molar-refractivity contribution in [3.05, 3.63) is 59.7 Å². The minimum Gasteiger partial charge on any atom is -0.385 e. The van der Waals surface area contributed by atoms with Crippen molar-refractivity contribution in [3.8, 4) is 5.75 Å². The minimum absolute atomic E-state index is 0.583. The highest BCUT2D eigenvalue weighted by Crippen LogP contribution is 2.16. The number of benzene rings is 2. The molecule has 0 saturated carbocycles. The average molecular weight is 261 g/mol. The Balaban J connectivity index is 2.01. The highest BCUT2D eigenvalue weighted by atomic mass is 32.2. The third kappa shape index (κ3) is 3.34. The van der Waals surface area contributed by atoms with Crippen molar-refractivity contribution in [2.75, 3.05) is 4.72 Å². The number of rotatable bonds is 4. The predicted molar refractivity (Wildman–Crippen MR) is 74.8 cm³/mol. The summed E-state index contributed by atoms with van der Waals surface area (Å²) >= 11 is -1.59. The summed E-state index contributed by atoms with van der Waals surface area (Å²) in [4.78, 5) is 0. The Morgan fingerprint density at radius 3 is 2.33 bits per heavy atom. The molecule has 4 heteroatoms. The Morgan fingerprint density at radius 1 is 1.00 bits per heavy atom. The van der Waals surface area contributed by atoms with Crippen LogP contribution in [0, 0.1) is 13.8 Å². The third-order valence-electron chi connectivity index (χ3n) is 2.53. The maximum atomic E-state index is 11.8. The van der Waals surface area contributed by atoms with Crippen molar-refractivity contribution in [2.24, 2.45) is 0 Å². The molecule has 3 nitrogen and oxygen atoms in total. The fourth-order valence-corrected chi connectivity index (χ4v) is 2.22. The van der Waals surface area contributed by atoms with Crippen molar-refractivity contribution < 1.29 is 8.39 Å². The van der Waals surface area contributed by atoms with Gasteiger partial charge in [-0.05, 0) is 37.6 Å². The van der Waals surface area contributed by atoms with Crippen molar-refractivity contribution in [2.45, 2.75) is 13.8 Å². The summed E-state index contributed by atoms with van der Waals surface area (Å²) in [6, 6.07) is 15.1. The lowest BCUT2D eigenvalue weighted by Gasteiger charge is -2.09. The molecule has 0 spiro atoms. The van der Waals surface area contributed by atoms with E-state index in [1.807, 2.05) is 50.2 Å². The van der Waals surface area contributed by atoms with E-state index in [1.165, 1.54) is 0 Å². The molecule has 0 bridgehead atoms. The Bertz CT molecular complexity index is 552. The summed E-state index contributed by atoms with van der Waals surface area (Å²) in [5, 5.41) is 0. The maximum absolute atomic E-state index is 11.8. The van der Waals surface area contributed by atoms with Crippen LogP contribution in [0.1, 0.15) is 11.1 Å². The Morgan fingerprint density at radius 2 is 1.67 bits per heavy atom. The van der Waals surface area contributed by atoms with Gasteiger partial charge in [0.2, 0.25) is 0 Å². The van der Waals surface area contributed by atoms with Crippen LogP contribution in [0.15, 0.2) is 48.5 Å². The number of aryl methyl sites for hydroxylation is 2. The van der Waals surface area contributed by atoms with E-state index in [0.29, 0.717) is 5.75 Å². The van der Waals surface area contributed by atoms with Crippen LogP contribution in [0.25, 0.3) is 0 Å². The zero-order valence-corrected chi connectivity index (χ0v) is 11.2. The average Bonchev–Trinajstić information content (AvgIpc) is 2.35. The first-order valence-electron chi connectivity index (χ1n) is 5.64. The van der Waals surface area contributed by atoms with Crippen molar-refractivity contribution in [1.82, 2.24) is 0 Å². The normalized spacial score (nSPS) is 11.9. The SMILES string of the molecule is Cc1ccc(OS(=O)Nc2ccccc2C)cc1. The number of hydrogen-bond donors (Lipinski definition) is 1. The van der Waals surface area contributed by atoms with E-state index in [-0.39, 0.29) is 0 Å². The third-order valence-corrected chi connectivity index (χ3v) is 3.26. The fourth-order valence-electron chi connectivity index (χ4n) is 1.48. The molecule has 1 N–H and O–H groups in total. The molecule has 0 radical (unpaired) electrons. The van der Waals surface area contributed by atoms with E-state index >= 15 is 0 Å². The molecule has 18 heavy (non-hydrogen) atoms. The molecule has 0 aliphatic heterocycles. The van der Waals surface area contributed by atoms with E-state index < -0.39 is 11.3 Å². The van der Waals surface area contributed by atoms with Gasteiger partial charge in [-0.15, -0.1) is 0 Å². The molecule has 1 atom stereocenters. The minimum atomic E-state index is -1.59. The van der Waals surface area contributed by atoms with E-state index in [2.05, 4.69) is 4.72 Å². The van der Waals surface area contributed by atoms with Crippen LogP contribution in [-0.4, -0.2) is 4.21 Å². The van der Waals surface area contributed by atoms with Gasteiger partial charge in [-0.2, -0.15) is 4.21 Å². The monoisotopic (exact) mass is 261 g/mol. The molecule has 2 rings (SSSR count). The van der Waals surface area contributed by atoms with E-state index in [9.17, 15) is 4.21 Å². The highest BCUT2D eigenvalue weighted by molar-refractivity contribution is 7.82. The lowest BCUT2D eigenvalue weighted by Crippen LogP contribution is -2.11. The molecule has 0 aliphatic carbocycles. The summed E-state index contributed by atoms with van der Waals surface area (Å²) in [5.41, 5.74) is 2.97. The van der Waals surface area contributed by atoms with Crippen molar-refractivity contribution >= 4 is 17.0 Å². The molecule has 0 heterocycles. The van der Waals surface area contributed by atoms with Gasteiger partial charge in [-0.3, -0.25) is 4.72 Å². The van der Waals surface area contributed by atoms with E-state index in [1.54, 1.807) is 12.1 Å². The molecule has 2 aromatic carbocycles. The van der Waals surface area contributed by atoms with Crippen molar-refractivity contribution in [3.63, 3.8) is 0 Å². The Kier molecular flexibility index (Phi) is 3.99. The number of anilines is 1. The van der Waals surface area contributed by atoms with Crippen LogP contribution in [0.4, 0.5) is 5.69 Å². The molecule has 0 saturated heterocycles.